The third-order valence-corrected chi connectivity index (χ3v) is 3.17. The highest BCUT2D eigenvalue weighted by molar-refractivity contribution is 7.10. The number of nitrogens with one attached hydrogen (secondary N) is 1. The van der Waals surface area contributed by atoms with Gasteiger partial charge in [0.2, 0.25) is 5.95 Å². The molecule has 18 heavy (non-hydrogen) atoms. The number of aromatic nitrogens is 3. The Morgan fingerprint density at radius 2 is 2.11 bits per heavy atom. The molecule has 0 radical (unpaired) electrons. The van der Waals surface area contributed by atoms with E-state index in [9.17, 15) is 0 Å². The summed E-state index contributed by atoms with van der Waals surface area (Å²) in [6, 6.07) is 2.38. The number of hydrogen-bond acceptors (Lipinski definition) is 6. The van der Waals surface area contributed by atoms with Gasteiger partial charge in [0.1, 0.15) is 0 Å². The number of hydrogen-bond donors (Lipinski definition) is 1. The molecule has 2 heterocycles. The van der Waals surface area contributed by atoms with Crippen LogP contribution in [0.25, 0.3) is 11.4 Å². The summed E-state index contributed by atoms with van der Waals surface area (Å²) in [6.07, 6.45) is 0. The first-order chi connectivity index (χ1) is 8.74. The van der Waals surface area contributed by atoms with E-state index >= 15 is 0 Å². The topological polar surface area (TPSA) is 59.9 Å². The number of rotatable bonds is 5. The normalized spacial score (nSPS) is 10.4. The predicted octanol–water partition coefficient (Wildman–Crippen LogP) is 2.74. The second-order valence-electron chi connectivity index (χ2n) is 3.62. The Labute approximate surface area is 110 Å². The molecule has 5 nitrogen and oxygen atoms in total. The maximum atomic E-state index is 5.37. The zero-order valence-corrected chi connectivity index (χ0v) is 11.5. The van der Waals surface area contributed by atoms with Crippen molar-refractivity contribution < 1.29 is 4.74 Å². The van der Waals surface area contributed by atoms with Crippen molar-refractivity contribution in [1.29, 1.82) is 0 Å². The van der Waals surface area contributed by atoms with Gasteiger partial charge in [-0.3, -0.25) is 0 Å². The van der Waals surface area contributed by atoms with Gasteiger partial charge in [0.05, 0.1) is 6.61 Å². The minimum absolute atomic E-state index is 0.365. The van der Waals surface area contributed by atoms with Crippen LogP contribution in [-0.4, -0.2) is 28.1 Å². The Bertz CT molecular complexity index is 502. The molecule has 0 aliphatic heterocycles. The van der Waals surface area contributed by atoms with Gasteiger partial charge >= 0.3 is 6.01 Å². The van der Waals surface area contributed by atoms with Crippen LogP contribution in [-0.2, 0) is 0 Å². The number of aryl methyl sites for hydroxylation is 1. The molecule has 0 aliphatic carbocycles. The fraction of sp³-hybridized carbons (Fsp3) is 0.417. The molecule has 2 aromatic heterocycles. The lowest BCUT2D eigenvalue weighted by atomic mass is 10.2. The van der Waals surface area contributed by atoms with E-state index in [1.54, 1.807) is 11.3 Å². The van der Waals surface area contributed by atoms with Gasteiger partial charge in [-0.25, -0.2) is 0 Å². The minimum Gasteiger partial charge on any atom is -0.464 e. The monoisotopic (exact) mass is 264 g/mol. The van der Waals surface area contributed by atoms with Crippen LogP contribution in [0, 0.1) is 6.92 Å². The van der Waals surface area contributed by atoms with Gasteiger partial charge in [-0.2, -0.15) is 15.0 Å². The second-order valence-corrected chi connectivity index (χ2v) is 4.74. The van der Waals surface area contributed by atoms with Crippen molar-refractivity contribution in [3.8, 4) is 17.4 Å². The van der Waals surface area contributed by atoms with Crippen LogP contribution in [0.15, 0.2) is 11.4 Å². The summed E-state index contributed by atoms with van der Waals surface area (Å²) in [5.74, 6) is 1.21. The third-order valence-electron chi connectivity index (χ3n) is 2.32. The summed E-state index contributed by atoms with van der Waals surface area (Å²) >= 11 is 1.68. The average molecular weight is 264 g/mol. The molecule has 96 valence electrons. The van der Waals surface area contributed by atoms with Gasteiger partial charge in [0.15, 0.2) is 5.82 Å². The fourth-order valence-electron chi connectivity index (χ4n) is 1.52. The summed E-state index contributed by atoms with van der Waals surface area (Å²) in [7, 11) is 0. The molecule has 2 rings (SSSR count). The van der Waals surface area contributed by atoms with E-state index in [4.69, 9.17) is 4.74 Å². The Morgan fingerprint density at radius 1 is 1.28 bits per heavy atom. The van der Waals surface area contributed by atoms with Crippen molar-refractivity contribution in [2.75, 3.05) is 18.5 Å². The first-order valence-corrected chi connectivity index (χ1v) is 6.79. The van der Waals surface area contributed by atoms with Crippen LogP contribution < -0.4 is 10.1 Å². The van der Waals surface area contributed by atoms with Crippen molar-refractivity contribution in [3.63, 3.8) is 0 Å². The lowest BCUT2D eigenvalue weighted by Gasteiger charge is -2.07. The molecular formula is C12H16N4OS. The molecule has 0 aliphatic rings. The zero-order chi connectivity index (χ0) is 13.0. The average Bonchev–Trinajstić information content (AvgIpc) is 2.76. The van der Waals surface area contributed by atoms with Crippen LogP contribution in [0.2, 0.25) is 0 Å². The van der Waals surface area contributed by atoms with Crippen molar-refractivity contribution in [1.82, 2.24) is 15.0 Å². The van der Waals surface area contributed by atoms with Crippen LogP contribution in [0.5, 0.6) is 6.01 Å². The van der Waals surface area contributed by atoms with Crippen molar-refractivity contribution >= 4 is 17.3 Å². The van der Waals surface area contributed by atoms with Crippen molar-refractivity contribution in [2.45, 2.75) is 20.8 Å². The first-order valence-electron chi connectivity index (χ1n) is 5.91. The number of anilines is 1. The molecule has 0 fully saturated rings. The van der Waals surface area contributed by atoms with Gasteiger partial charge < -0.3 is 10.1 Å². The zero-order valence-electron chi connectivity index (χ0n) is 10.7. The molecule has 1 N–H and O–H groups in total. The summed E-state index contributed by atoms with van der Waals surface area (Å²) in [4.78, 5) is 14.1. The minimum atomic E-state index is 0.365. The van der Waals surface area contributed by atoms with E-state index in [0.29, 0.717) is 24.4 Å². The largest absolute Gasteiger partial charge is 0.464 e. The summed E-state index contributed by atoms with van der Waals surface area (Å²) in [5.41, 5.74) is 1.03. The molecule has 0 aromatic carbocycles. The van der Waals surface area contributed by atoms with Gasteiger partial charge in [0, 0.05) is 17.0 Å². The number of thiophene rings is 1. The molecule has 0 spiro atoms. The van der Waals surface area contributed by atoms with Crippen LogP contribution in [0.3, 0.4) is 0 Å². The number of nitrogens with zero attached hydrogens (tertiary/aromatic N) is 3. The molecule has 0 atom stereocenters. The number of ether oxygens (including phenoxy) is 1. The standard InChI is InChI=1S/C12H16N4OS/c1-4-13-11-14-10(9-6-7-18-8(9)3)15-12(16-11)17-5-2/h6-7H,4-5H2,1-3H3,(H,13,14,15,16). The highest BCUT2D eigenvalue weighted by Crippen LogP contribution is 2.26. The molecule has 0 bridgehead atoms. The molecule has 0 unspecified atom stereocenters. The van der Waals surface area contributed by atoms with Gasteiger partial charge in [0.25, 0.3) is 0 Å². The van der Waals surface area contributed by atoms with E-state index in [1.807, 2.05) is 25.3 Å². The van der Waals surface area contributed by atoms with Gasteiger partial charge in [-0.15, -0.1) is 11.3 Å². The van der Waals surface area contributed by atoms with E-state index < -0.39 is 0 Å². The van der Waals surface area contributed by atoms with Gasteiger partial charge in [-0.05, 0) is 32.2 Å². The third kappa shape index (κ3) is 2.76. The Balaban J connectivity index is 2.42. The maximum absolute atomic E-state index is 5.37. The van der Waals surface area contributed by atoms with Crippen molar-refractivity contribution in [2.24, 2.45) is 0 Å². The summed E-state index contributed by atoms with van der Waals surface area (Å²) in [5, 5.41) is 5.12. The van der Waals surface area contributed by atoms with Crippen LogP contribution >= 0.6 is 11.3 Å². The second kappa shape index (κ2) is 5.77. The van der Waals surface area contributed by atoms with Crippen LogP contribution in [0.4, 0.5) is 5.95 Å². The Hall–Kier alpha value is -1.69. The lowest BCUT2D eigenvalue weighted by molar-refractivity contribution is 0.312. The highest BCUT2D eigenvalue weighted by atomic mass is 32.1. The van der Waals surface area contributed by atoms with Crippen LogP contribution in [0.1, 0.15) is 18.7 Å². The van der Waals surface area contributed by atoms with Crippen molar-refractivity contribution in [3.05, 3.63) is 16.3 Å². The molecule has 0 saturated heterocycles. The lowest BCUT2D eigenvalue weighted by Crippen LogP contribution is -2.07. The molecule has 0 saturated carbocycles. The predicted molar refractivity (Wildman–Crippen MR) is 73.2 cm³/mol. The Morgan fingerprint density at radius 3 is 2.72 bits per heavy atom. The first kappa shape index (κ1) is 12.8. The molecule has 0 amide bonds. The fourth-order valence-corrected chi connectivity index (χ4v) is 2.22. The van der Waals surface area contributed by atoms with E-state index in [-0.39, 0.29) is 0 Å². The molecule has 2 aromatic rings. The summed E-state index contributed by atoms with van der Waals surface area (Å²) in [6.45, 7) is 7.26. The van der Waals surface area contributed by atoms with E-state index in [0.717, 1.165) is 12.1 Å². The quantitative estimate of drug-likeness (QED) is 0.899. The van der Waals surface area contributed by atoms with Gasteiger partial charge in [-0.1, -0.05) is 0 Å². The SMILES string of the molecule is CCNc1nc(OCC)nc(-c2ccsc2C)n1. The Kier molecular flexibility index (Phi) is 4.09. The summed E-state index contributed by atoms with van der Waals surface area (Å²) < 4.78 is 5.37. The smallest absolute Gasteiger partial charge is 0.321 e. The molecular weight excluding hydrogens is 248 g/mol. The van der Waals surface area contributed by atoms with E-state index in [1.165, 1.54) is 4.88 Å². The highest BCUT2D eigenvalue weighted by Gasteiger charge is 2.11. The maximum Gasteiger partial charge on any atom is 0.321 e. The van der Waals surface area contributed by atoms with E-state index in [2.05, 4.69) is 27.2 Å². The molecule has 6 heteroatoms.